The molecular weight excluding hydrogens is 419 g/mol. The number of thioether (sulfide) groups is 1. The number of rotatable bonds is 2. The highest BCUT2D eigenvalue weighted by Crippen LogP contribution is 2.47. The molecule has 0 radical (unpaired) electrons. The van der Waals surface area contributed by atoms with Gasteiger partial charge < -0.3 is 4.90 Å². The minimum Gasteiger partial charge on any atom is -0.337 e. The van der Waals surface area contributed by atoms with Crippen molar-refractivity contribution in [2.45, 2.75) is 24.5 Å². The number of fused-ring (bicyclic) bond motifs is 1. The summed E-state index contributed by atoms with van der Waals surface area (Å²) in [4.78, 5) is 19.6. The number of hydrogen-bond donors (Lipinski definition) is 0. The molecule has 3 aromatic rings. The van der Waals surface area contributed by atoms with Crippen molar-refractivity contribution in [2.24, 2.45) is 0 Å². The molecule has 0 N–H and O–H groups in total. The number of aromatic nitrogens is 2. The van der Waals surface area contributed by atoms with E-state index in [9.17, 15) is 18.0 Å². The van der Waals surface area contributed by atoms with Crippen LogP contribution in [0.25, 0.3) is 11.1 Å². The Kier molecular flexibility index (Phi) is 5.04. The zero-order chi connectivity index (χ0) is 20.8. The van der Waals surface area contributed by atoms with Crippen LogP contribution in [0.15, 0.2) is 52.3 Å². The van der Waals surface area contributed by atoms with E-state index in [-0.39, 0.29) is 5.56 Å². The van der Waals surface area contributed by atoms with Gasteiger partial charge in [-0.25, -0.2) is 0 Å². The Morgan fingerprint density at radius 2 is 2.00 bits per heavy atom. The highest BCUT2D eigenvalue weighted by atomic mass is 32.2. The third-order valence-corrected chi connectivity index (χ3v) is 7.01. The van der Waals surface area contributed by atoms with Gasteiger partial charge in [-0.2, -0.15) is 13.2 Å². The largest absolute Gasteiger partial charge is 0.416 e. The number of thiazole rings is 1. The van der Waals surface area contributed by atoms with Crippen LogP contribution in [0.3, 0.4) is 0 Å². The van der Waals surface area contributed by atoms with Gasteiger partial charge in [0.25, 0.3) is 5.56 Å². The summed E-state index contributed by atoms with van der Waals surface area (Å²) in [5.74, 6) is 0. The molecule has 3 heterocycles. The van der Waals surface area contributed by atoms with E-state index in [0.29, 0.717) is 26.7 Å². The lowest BCUT2D eigenvalue weighted by molar-refractivity contribution is -0.137. The van der Waals surface area contributed by atoms with Crippen LogP contribution >= 0.6 is 23.1 Å². The van der Waals surface area contributed by atoms with Crippen molar-refractivity contribution < 1.29 is 13.2 Å². The quantitative estimate of drug-likeness (QED) is 0.618. The molecule has 1 aliphatic rings. The lowest BCUT2D eigenvalue weighted by atomic mass is 10.2. The van der Waals surface area contributed by atoms with E-state index >= 15 is 0 Å². The first-order chi connectivity index (χ1) is 13.8. The molecule has 0 amide bonds. The Morgan fingerprint density at radius 3 is 2.66 bits per heavy atom. The molecule has 4 rings (SSSR count). The molecule has 0 saturated carbocycles. The second-order valence-corrected chi connectivity index (χ2v) is 8.43. The summed E-state index contributed by atoms with van der Waals surface area (Å²) in [6.45, 7) is 2.37. The molecule has 0 saturated heterocycles. The SMILES string of the molecule is CCn1c(=Cc2ccccn2)s/c(=C2/Sc3cc(C(F)(F)F)ccc3N2C)c1=O. The number of halogens is 3. The molecule has 0 fully saturated rings. The fourth-order valence-corrected chi connectivity index (χ4v) is 5.59. The van der Waals surface area contributed by atoms with Gasteiger partial charge in [-0.3, -0.25) is 14.3 Å². The van der Waals surface area contributed by atoms with Gasteiger partial charge in [0.15, 0.2) is 0 Å². The third kappa shape index (κ3) is 3.60. The van der Waals surface area contributed by atoms with E-state index in [1.807, 2.05) is 31.2 Å². The zero-order valence-electron chi connectivity index (χ0n) is 15.5. The lowest BCUT2D eigenvalue weighted by Gasteiger charge is -2.13. The van der Waals surface area contributed by atoms with Crippen molar-refractivity contribution >= 4 is 39.9 Å². The summed E-state index contributed by atoms with van der Waals surface area (Å²) in [5.41, 5.74) is 0.541. The van der Waals surface area contributed by atoms with E-state index in [4.69, 9.17) is 0 Å². The van der Waals surface area contributed by atoms with Crippen LogP contribution in [0, 0.1) is 0 Å². The van der Waals surface area contributed by atoms with E-state index in [1.165, 1.54) is 29.2 Å². The molecule has 0 bridgehead atoms. The van der Waals surface area contributed by atoms with Gasteiger partial charge in [0.05, 0.1) is 16.9 Å². The normalized spacial score (nSPS) is 16.4. The monoisotopic (exact) mass is 435 g/mol. The maximum atomic E-state index is 13.1. The second kappa shape index (κ2) is 7.38. The molecule has 9 heteroatoms. The van der Waals surface area contributed by atoms with Crippen LogP contribution in [0.4, 0.5) is 18.9 Å². The molecule has 150 valence electrons. The minimum atomic E-state index is -4.40. The summed E-state index contributed by atoms with van der Waals surface area (Å²) >= 11 is 2.51. The van der Waals surface area contributed by atoms with Gasteiger partial charge in [0, 0.05) is 24.7 Å². The summed E-state index contributed by atoms with van der Waals surface area (Å²) in [6.07, 6.45) is -0.882. The number of anilines is 1. The van der Waals surface area contributed by atoms with E-state index in [0.717, 1.165) is 22.5 Å². The molecule has 4 nitrogen and oxygen atoms in total. The van der Waals surface area contributed by atoms with E-state index in [1.54, 1.807) is 22.7 Å². The standard InChI is InChI=1S/C20H16F3N3OS2/c1-3-26-16(11-13-6-4-5-9-24-13)29-17(18(26)27)19-25(2)14-8-7-12(20(21,22)23)10-15(14)28-19/h4-11H,3H2,1-2H3/b16-11?,19-17+. The predicted molar refractivity (Wildman–Crippen MR) is 110 cm³/mol. The van der Waals surface area contributed by atoms with Gasteiger partial charge in [0.2, 0.25) is 0 Å². The highest BCUT2D eigenvalue weighted by Gasteiger charge is 2.33. The number of nitrogens with zero attached hydrogens (tertiary/aromatic N) is 3. The first kappa shape index (κ1) is 19.8. The van der Waals surface area contributed by atoms with Crippen LogP contribution in [-0.2, 0) is 12.7 Å². The molecule has 0 unspecified atom stereocenters. The Hall–Kier alpha value is -2.52. The Morgan fingerprint density at radius 1 is 1.21 bits per heavy atom. The number of hydrogen-bond acceptors (Lipinski definition) is 5. The van der Waals surface area contributed by atoms with Gasteiger partial charge in [0.1, 0.15) is 14.2 Å². The number of pyridine rings is 1. The maximum Gasteiger partial charge on any atom is 0.416 e. The summed E-state index contributed by atoms with van der Waals surface area (Å²) in [7, 11) is 1.76. The van der Waals surface area contributed by atoms with E-state index < -0.39 is 11.7 Å². The fraction of sp³-hybridized carbons (Fsp3) is 0.200. The van der Waals surface area contributed by atoms with Gasteiger partial charge in [-0.05, 0) is 43.3 Å². The minimum absolute atomic E-state index is 0.155. The molecule has 2 aromatic heterocycles. The Labute approximate surface area is 172 Å². The highest BCUT2D eigenvalue weighted by molar-refractivity contribution is 8.08. The fourth-order valence-electron chi connectivity index (χ4n) is 3.09. The summed E-state index contributed by atoms with van der Waals surface area (Å²) in [6, 6.07) is 9.18. The van der Waals surface area contributed by atoms with Crippen LogP contribution in [0.2, 0.25) is 0 Å². The topological polar surface area (TPSA) is 38.1 Å². The number of benzene rings is 1. The van der Waals surface area contributed by atoms with Crippen molar-refractivity contribution in [1.29, 1.82) is 0 Å². The average molecular weight is 435 g/mol. The summed E-state index contributed by atoms with van der Waals surface area (Å²) < 4.78 is 42.1. The molecule has 0 aliphatic carbocycles. The molecule has 1 aliphatic heterocycles. The first-order valence-electron chi connectivity index (χ1n) is 8.79. The first-order valence-corrected chi connectivity index (χ1v) is 10.4. The van der Waals surface area contributed by atoms with Crippen LogP contribution < -0.4 is 19.7 Å². The number of alkyl halides is 3. The lowest BCUT2D eigenvalue weighted by Crippen LogP contribution is -2.33. The third-order valence-electron chi connectivity index (χ3n) is 4.54. The van der Waals surface area contributed by atoms with Crippen molar-refractivity contribution in [3.63, 3.8) is 0 Å². The molecular formula is C20H16F3N3OS2. The van der Waals surface area contributed by atoms with Crippen molar-refractivity contribution in [2.75, 3.05) is 11.9 Å². The van der Waals surface area contributed by atoms with Gasteiger partial charge in [-0.15, -0.1) is 11.3 Å². The summed E-state index contributed by atoms with van der Waals surface area (Å²) in [5, 5.41) is 0.636. The van der Waals surface area contributed by atoms with Crippen LogP contribution in [0.5, 0.6) is 0 Å². The molecule has 0 atom stereocenters. The van der Waals surface area contributed by atoms with Crippen molar-refractivity contribution in [3.05, 3.63) is 73.4 Å². The molecule has 29 heavy (non-hydrogen) atoms. The van der Waals surface area contributed by atoms with Crippen LogP contribution in [0.1, 0.15) is 18.2 Å². The maximum absolute atomic E-state index is 13.1. The second-order valence-electron chi connectivity index (χ2n) is 6.36. The smallest absolute Gasteiger partial charge is 0.337 e. The molecule has 0 spiro atoms. The van der Waals surface area contributed by atoms with Crippen LogP contribution in [-0.4, -0.2) is 16.6 Å². The Balaban J connectivity index is 1.88. The zero-order valence-corrected chi connectivity index (χ0v) is 17.2. The Bertz CT molecular complexity index is 1250. The van der Waals surface area contributed by atoms with Gasteiger partial charge >= 0.3 is 6.18 Å². The van der Waals surface area contributed by atoms with Crippen molar-refractivity contribution in [3.8, 4) is 0 Å². The molecule has 1 aromatic carbocycles. The van der Waals surface area contributed by atoms with Crippen molar-refractivity contribution in [1.82, 2.24) is 9.55 Å². The average Bonchev–Trinajstić information content (AvgIpc) is 3.18. The predicted octanol–water partition coefficient (Wildman–Crippen LogP) is 3.48. The van der Waals surface area contributed by atoms with E-state index in [2.05, 4.69) is 4.98 Å². The van der Waals surface area contributed by atoms with Gasteiger partial charge in [-0.1, -0.05) is 17.8 Å².